The van der Waals surface area contributed by atoms with E-state index in [-0.39, 0.29) is 5.75 Å². The summed E-state index contributed by atoms with van der Waals surface area (Å²) < 4.78 is 19.4. The van der Waals surface area contributed by atoms with E-state index in [9.17, 15) is 14.0 Å². The Kier molecular flexibility index (Phi) is 8.05. The molecule has 2 aliphatic rings. The Balaban J connectivity index is 1.70. The molecule has 0 spiro atoms. The Morgan fingerprint density at radius 3 is 2.84 bits per heavy atom. The third kappa shape index (κ3) is 6.52. The summed E-state index contributed by atoms with van der Waals surface area (Å²) >= 11 is 1.22. The topological polar surface area (TPSA) is 77.5 Å². The Labute approximate surface area is 186 Å². The number of hydrogen-bond donors (Lipinski definition) is 1. The van der Waals surface area contributed by atoms with E-state index < -0.39 is 17.8 Å². The highest BCUT2D eigenvalue weighted by Gasteiger charge is 2.27. The van der Waals surface area contributed by atoms with E-state index >= 15 is 0 Å². The molecule has 2 aliphatic heterocycles. The van der Waals surface area contributed by atoms with E-state index in [1.54, 1.807) is 7.05 Å². The van der Waals surface area contributed by atoms with Crippen molar-refractivity contribution >= 4 is 35.0 Å². The molecule has 2 heterocycles. The normalized spacial score (nSPS) is 18.0. The number of amides is 2. The molecular weight excluding hydrogens is 421 g/mol. The monoisotopic (exact) mass is 449 g/mol. The van der Waals surface area contributed by atoms with Gasteiger partial charge in [-0.25, -0.2) is 14.6 Å². The minimum absolute atomic E-state index is 0.191. The number of nitrogens with zero attached hydrogens (tertiary/aromatic N) is 4. The lowest BCUT2D eigenvalue weighted by Crippen LogP contribution is -2.45. The maximum absolute atomic E-state index is 13.9. The Hall–Kier alpha value is -2.43. The molecule has 1 aromatic carbocycles. The number of thioether (sulfide) groups is 1. The second-order valence-electron chi connectivity index (χ2n) is 7.71. The summed E-state index contributed by atoms with van der Waals surface area (Å²) in [6.07, 6.45) is 3.88. The first-order valence-corrected chi connectivity index (χ1v) is 11.1. The summed E-state index contributed by atoms with van der Waals surface area (Å²) in [5, 5.41) is 2.44. The van der Waals surface area contributed by atoms with Crippen LogP contribution in [0.3, 0.4) is 0 Å². The van der Waals surface area contributed by atoms with Crippen LogP contribution in [-0.2, 0) is 4.79 Å². The standard InChI is InChI=1S/C21H28FN5O3S/c1-25(2)10-6-11-26(3)21(29)30-17-8-7-16(22)13-15(17)14-18-19(28)24-20(31-18)27-12-5-4-9-23-27/h7-8,13-14,23H,4-6,9-12H2,1-3H3/b18-14-. The van der Waals surface area contributed by atoms with Gasteiger partial charge in [0.15, 0.2) is 5.17 Å². The van der Waals surface area contributed by atoms with E-state index in [1.165, 1.54) is 40.9 Å². The molecule has 31 heavy (non-hydrogen) atoms. The first-order valence-electron chi connectivity index (χ1n) is 10.2. The third-order valence-corrected chi connectivity index (χ3v) is 5.82. The predicted molar refractivity (Wildman–Crippen MR) is 120 cm³/mol. The van der Waals surface area contributed by atoms with Crippen molar-refractivity contribution in [3.05, 3.63) is 34.5 Å². The first-order chi connectivity index (χ1) is 14.8. The number of hydrogen-bond acceptors (Lipinski definition) is 7. The number of benzene rings is 1. The van der Waals surface area contributed by atoms with Gasteiger partial charge in [0, 0.05) is 32.2 Å². The largest absolute Gasteiger partial charge is 0.414 e. The highest BCUT2D eigenvalue weighted by Crippen LogP contribution is 2.33. The van der Waals surface area contributed by atoms with Crippen molar-refractivity contribution in [2.24, 2.45) is 4.99 Å². The zero-order valence-electron chi connectivity index (χ0n) is 18.1. The number of rotatable bonds is 6. The van der Waals surface area contributed by atoms with Crippen LogP contribution < -0.4 is 10.2 Å². The summed E-state index contributed by atoms with van der Waals surface area (Å²) in [5.74, 6) is -0.689. The molecule has 0 saturated carbocycles. The summed E-state index contributed by atoms with van der Waals surface area (Å²) in [4.78, 5) is 32.8. The quantitative estimate of drug-likeness (QED) is 0.669. The summed E-state index contributed by atoms with van der Waals surface area (Å²) in [7, 11) is 5.59. The Morgan fingerprint density at radius 2 is 2.13 bits per heavy atom. The summed E-state index contributed by atoms with van der Waals surface area (Å²) in [6, 6.07) is 3.86. The molecular formula is C21H28FN5O3S. The lowest BCUT2D eigenvalue weighted by molar-refractivity contribution is -0.113. The molecule has 1 fully saturated rings. The number of halogens is 1. The van der Waals surface area contributed by atoms with E-state index in [4.69, 9.17) is 4.74 Å². The van der Waals surface area contributed by atoms with E-state index in [2.05, 4.69) is 10.4 Å². The van der Waals surface area contributed by atoms with Crippen molar-refractivity contribution in [3.63, 3.8) is 0 Å². The van der Waals surface area contributed by atoms with Gasteiger partial charge < -0.3 is 14.5 Å². The van der Waals surface area contributed by atoms with Crippen LogP contribution >= 0.6 is 11.8 Å². The van der Waals surface area contributed by atoms with Crippen molar-refractivity contribution in [2.75, 3.05) is 47.3 Å². The van der Waals surface area contributed by atoms with Gasteiger partial charge in [0.1, 0.15) is 11.6 Å². The van der Waals surface area contributed by atoms with Crippen molar-refractivity contribution in [1.82, 2.24) is 20.2 Å². The highest BCUT2D eigenvalue weighted by molar-refractivity contribution is 8.18. The number of aliphatic imine (C=N–C) groups is 1. The molecule has 0 bridgehead atoms. The molecule has 0 aromatic heterocycles. The van der Waals surface area contributed by atoms with E-state index in [0.717, 1.165) is 38.9 Å². The average molecular weight is 450 g/mol. The lowest BCUT2D eigenvalue weighted by Gasteiger charge is -2.28. The van der Waals surface area contributed by atoms with Crippen LogP contribution in [0.1, 0.15) is 24.8 Å². The Bertz CT molecular complexity index is 884. The van der Waals surface area contributed by atoms with Crippen LogP contribution in [0.5, 0.6) is 5.75 Å². The summed E-state index contributed by atoms with van der Waals surface area (Å²) in [5.41, 5.74) is 3.53. The molecule has 3 rings (SSSR count). The number of ether oxygens (including phenoxy) is 1. The molecule has 0 unspecified atom stereocenters. The highest BCUT2D eigenvalue weighted by atomic mass is 32.2. The van der Waals surface area contributed by atoms with Gasteiger partial charge in [0.25, 0.3) is 5.91 Å². The van der Waals surface area contributed by atoms with Gasteiger partial charge in [0.2, 0.25) is 0 Å². The SMILES string of the molecule is CN(C)CCCN(C)C(=O)Oc1ccc(F)cc1/C=C1\SC(N2CCCCN2)=NC1=O. The summed E-state index contributed by atoms with van der Waals surface area (Å²) in [6.45, 7) is 2.98. The number of carbonyl (C=O) groups excluding carboxylic acids is 2. The third-order valence-electron chi connectivity index (χ3n) is 4.82. The minimum atomic E-state index is -0.537. The zero-order chi connectivity index (χ0) is 22.4. The molecule has 168 valence electrons. The lowest BCUT2D eigenvalue weighted by atomic mass is 10.2. The molecule has 1 saturated heterocycles. The smallest absolute Gasteiger partial charge is 0.410 e. The fourth-order valence-corrected chi connectivity index (χ4v) is 4.03. The van der Waals surface area contributed by atoms with Crippen LogP contribution in [0.25, 0.3) is 6.08 Å². The zero-order valence-corrected chi connectivity index (χ0v) is 18.9. The van der Waals surface area contributed by atoms with Crippen molar-refractivity contribution < 1.29 is 18.7 Å². The first kappa shape index (κ1) is 23.2. The van der Waals surface area contributed by atoms with Crippen molar-refractivity contribution in [3.8, 4) is 5.75 Å². The van der Waals surface area contributed by atoms with Gasteiger partial charge >= 0.3 is 6.09 Å². The van der Waals surface area contributed by atoms with Crippen molar-refractivity contribution in [2.45, 2.75) is 19.3 Å². The number of hydrazine groups is 1. The maximum Gasteiger partial charge on any atom is 0.414 e. The number of nitrogens with one attached hydrogen (secondary N) is 1. The minimum Gasteiger partial charge on any atom is -0.410 e. The Morgan fingerprint density at radius 1 is 1.32 bits per heavy atom. The predicted octanol–water partition coefficient (Wildman–Crippen LogP) is 2.78. The van der Waals surface area contributed by atoms with Crippen molar-refractivity contribution in [1.29, 1.82) is 0 Å². The van der Waals surface area contributed by atoms with Gasteiger partial charge in [-0.1, -0.05) is 0 Å². The fourth-order valence-electron chi connectivity index (χ4n) is 3.12. The van der Waals surface area contributed by atoms with Crippen LogP contribution in [0.15, 0.2) is 28.1 Å². The number of carbonyl (C=O) groups is 2. The van der Waals surface area contributed by atoms with Gasteiger partial charge in [-0.05, 0) is 75.9 Å². The molecule has 2 amide bonds. The van der Waals surface area contributed by atoms with Gasteiger partial charge in [-0.2, -0.15) is 4.99 Å². The average Bonchev–Trinajstić information content (AvgIpc) is 3.10. The molecule has 0 radical (unpaired) electrons. The van der Waals surface area contributed by atoms with E-state index in [1.807, 2.05) is 24.0 Å². The molecule has 10 heteroatoms. The maximum atomic E-state index is 13.9. The molecule has 0 aliphatic carbocycles. The molecule has 8 nitrogen and oxygen atoms in total. The van der Waals surface area contributed by atoms with Crippen LogP contribution in [0, 0.1) is 5.82 Å². The second-order valence-corrected chi connectivity index (χ2v) is 8.71. The molecule has 0 atom stereocenters. The molecule has 1 aromatic rings. The van der Waals surface area contributed by atoms with Gasteiger partial charge in [-0.15, -0.1) is 0 Å². The van der Waals surface area contributed by atoms with E-state index in [0.29, 0.717) is 22.2 Å². The second kappa shape index (κ2) is 10.7. The molecule has 1 N–H and O–H groups in total. The van der Waals surface area contributed by atoms with Crippen LogP contribution in [0.2, 0.25) is 0 Å². The van der Waals surface area contributed by atoms with Crippen LogP contribution in [-0.4, -0.2) is 79.3 Å². The van der Waals surface area contributed by atoms with Gasteiger partial charge in [0.05, 0.1) is 4.91 Å². The number of amidine groups is 1. The van der Waals surface area contributed by atoms with Crippen LogP contribution in [0.4, 0.5) is 9.18 Å². The fraction of sp³-hybridized carbons (Fsp3) is 0.476. The van der Waals surface area contributed by atoms with Gasteiger partial charge in [-0.3, -0.25) is 9.80 Å².